The number of nitrogens with one attached hydrogen (secondary N) is 1. The molecule has 0 aliphatic rings. The SMILES string of the molecule is COC(=O)c1ccc(CNCc2cccc(Cl)c2)cc1. The summed E-state index contributed by atoms with van der Waals surface area (Å²) >= 11 is 5.93. The topological polar surface area (TPSA) is 38.3 Å². The fourth-order valence-electron chi connectivity index (χ4n) is 1.87. The van der Waals surface area contributed by atoms with Gasteiger partial charge in [-0.15, -0.1) is 0 Å². The Hall–Kier alpha value is -1.84. The van der Waals surface area contributed by atoms with Crippen LogP contribution in [0.5, 0.6) is 0 Å². The predicted molar refractivity (Wildman–Crippen MR) is 79.8 cm³/mol. The first kappa shape index (κ1) is 14.6. The summed E-state index contributed by atoms with van der Waals surface area (Å²) in [7, 11) is 1.38. The van der Waals surface area contributed by atoms with Gasteiger partial charge in [0.2, 0.25) is 0 Å². The summed E-state index contributed by atoms with van der Waals surface area (Å²) in [4.78, 5) is 11.3. The van der Waals surface area contributed by atoms with Crippen LogP contribution in [0.4, 0.5) is 0 Å². The summed E-state index contributed by atoms with van der Waals surface area (Å²) < 4.78 is 4.66. The number of hydrogen-bond acceptors (Lipinski definition) is 3. The third kappa shape index (κ3) is 4.08. The number of benzene rings is 2. The number of esters is 1. The molecule has 0 aromatic heterocycles. The van der Waals surface area contributed by atoms with E-state index in [0.29, 0.717) is 5.56 Å². The van der Waals surface area contributed by atoms with E-state index >= 15 is 0 Å². The molecule has 0 unspecified atom stereocenters. The van der Waals surface area contributed by atoms with E-state index in [9.17, 15) is 4.79 Å². The summed E-state index contributed by atoms with van der Waals surface area (Å²) in [6.07, 6.45) is 0. The van der Waals surface area contributed by atoms with Crippen LogP contribution in [0, 0.1) is 0 Å². The van der Waals surface area contributed by atoms with Crippen molar-refractivity contribution in [3.63, 3.8) is 0 Å². The first-order chi connectivity index (χ1) is 9.69. The van der Waals surface area contributed by atoms with E-state index in [1.807, 2.05) is 36.4 Å². The van der Waals surface area contributed by atoms with Crippen molar-refractivity contribution in [2.75, 3.05) is 7.11 Å². The fraction of sp³-hybridized carbons (Fsp3) is 0.188. The highest BCUT2D eigenvalue weighted by atomic mass is 35.5. The Morgan fingerprint density at radius 1 is 1.10 bits per heavy atom. The van der Waals surface area contributed by atoms with E-state index in [0.717, 1.165) is 29.2 Å². The van der Waals surface area contributed by atoms with Gasteiger partial charge in [-0.3, -0.25) is 0 Å². The number of halogens is 1. The molecule has 0 saturated carbocycles. The Morgan fingerprint density at radius 2 is 1.80 bits per heavy atom. The molecule has 0 aliphatic heterocycles. The Balaban J connectivity index is 1.86. The molecule has 0 fully saturated rings. The van der Waals surface area contributed by atoms with Gasteiger partial charge in [0.05, 0.1) is 12.7 Å². The molecule has 0 saturated heterocycles. The van der Waals surface area contributed by atoms with E-state index in [1.54, 1.807) is 12.1 Å². The van der Waals surface area contributed by atoms with E-state index in [-0.39, 0.29) is 5.97 Å². The number of carbonyl (C=O) groups is 1. The zero-order valence-electron chi connectivity index (χ0n) is 11.2. The number of hydrogen-bond donors (Lipinski definition) is 1. The minimum Gasteiger partial charge on any atom is -0.465 e. The third-order valence-electron chi connectivity index (χ3n) is 2.92. The Bertz CT molecular complexity index is 581. The molecule has 0 radical (unpaired) electrons. The monoisotopic (exact) mass is 289 g/mol. The second kappa shape index (κ2) is 7.08. The van der Waals surface area contributed by atoms with Crippen molar-refractivity contribution in [1.82, 2.24) is 5.32 Å². The van der Waals surface area contributed by atoms with Crippen LogP contribution in [0.2, 0.25) is 5.02 Å². The minimum atomic E-state index is -0.316. The maximum absolute atomic E-state index is 11.3. The average Bonchev–Trinajstić information content (AvgIpc) is 2.47. The molecule has 0 aliphatic carbocycles. The minimum absolute atomic E-state index is 0.316. The molecule has 2 aromatic rings. The summed E-state index contributed by atoms with van der Waals surface area (Å²) in [6.45, 7) is 1.48. The maximum Gasteiger partial charge on any atom is 0.337 e. The van der Waals surface area contributed by atoms with E-state index < -0.39 is 0 Å². The van der Waals surface area contributed by atoms with Gasteiger partial charge in [-0.05, 0) is 35.4 Å². The molecular weight excluding hydrogens is 274 g/mol. The van der Waals surface area contributed by atoms with Crippen LogP contribution in [0.15, 0.2) is 48.5 Å². The van der Waals surface area contributed by atoms with Gasteiger partial charge >= 0.3 is 5.97 Å². The average molecular weight is 290 g/mol. The van der Waals surface area contributed by atoms with Gasteiger partial charge in [0.15, 0.2) is 0 Å². The summed E-state index contributed by atoms with van der Waals surface area (Å²) in [5.41, 5.74) is 2.81. The van der Waals surface area contributed by atoms with Crippen molar-refractivity contribution < 1.29 is 9.53 Å². The van der Waals surface area contributed by atoms with Crippen LogP contribution in [0.1, 0.15) is 21.5 Å². The first-order valence-electron chi connectivity index (χ1n) is 6.31. The molecule has 2 aromatic carbocycles. The van der Waals surface area contributed by atoms with Gasteiger partial charge in [0, 0.05) is 18.1 Å². The van der Waals surface area contributed by atoms with E-state index in [1.165, 1.54) is 7.11 Å². The standard InChI is InChI=1S/C16H16ClNO2/c1-20-16(19)14-7-5-12(6-8-14)10-18-11-13-3-2-4-15(17)9-13/h2-9,18H,10-11H2,1H3. The number of carbonyl (C=O) groups excluding carboxylic acids is 1. The van der Waals surface area contributed by atoms with Gasteiger partial charge in [-0.2, -0.15) is 0 Å². The van der Waals surface area contributed by atoms with Crippen LogP contribution in [-0.2, 0) is 17.8 Å². The highest BCUT2D eigenvalue weighted by Gasteiger charge is 2.04. The van der Waals surface area contributed by atoms with Gasteiger partial charge in [-0.1, -0.05) is 35.9 Å². The molecule has 0 spiro atoms. The quantitative estimate of drug-likeness (QED) is 0.857. The summed E-state index contributed by atoms with van der Waals surface area (Å²) in [5.74, 6) is -0.316. The van der Waals surface area contributed by atoms with Crippen molar-refractivity contribution in [2.24, 2.45) is 0 Å². The van der Waals surface area contributed by atoms with Crippen molar-refractivity contribution in [1.29, 1.82) is 0 Å². The molecule has 104 valence electrons. The second-order valence-corrected chi connectivity index (χ2v) is 4.86. The number of methoxy groups -OCH3 is 1. The molecule has 3 nitrogen and oxygen atoms in total. The van der Waals surface area contributed by atoms with Crippen molar-refractivity contribution in [3.8, 4) is 0 Å². The zero-order valence-corrected chi connectivity index (χ0v) is 12.0. The lowest BCUT2D eigenvalue weighted by atomic mass is 10.1. The second-order valence-electron chi connectivity index (χ2n) is 4.42. The Morgan fingerprint density at radius 3 is 2.45 bits per heavy atom. The van der Waals surface area contributed by atoms with E-state index in [2.05, 4.69) is 10.1 Å². The Kier molecular flexibility index (Phi) is 5.16. The van der Waals surface area contributed by atoms with Crippen LogP contribution in [-0.4, -0.2) is 13.1 Å². The molecule has 2 rings (SSSR count). The van der Waals surface area contributed by atoms with Gasteiger partial charge in [0.25, 0.3) is 0 Å². The van der Waals surface area contributed by atoms with Crippen LogP contribution < -0.4 is 5.32 Å². The molecule has 0 bridgehead atoms. The number of rotatable bonds is 5. The van der Waals surface area contributed by atoms with Crippen molar-refractivity contribution >= 4 is 17.6 Å². The molecule has 0 heterocycles. The van der Waals surface area contributed by atoms with Gasteiger partial charge in [-0.25, -0.2) is 4.79 Å². The molecule has 0 amide bonds. The molecular formula is C16H16ClNO2. The molecule has 4 heteroatoms. The third-order valence-corrected chi connectivity index (χ3v) is 3.16. The van der Waals surface area contributed by atoms with Crippen molar-refractivity contribution in [2.45, 2.75) is 13.1 Å². The highest BCUT2D eigenvalue weighted by molar-refractivity contribution is 6.30. The summed E-state index contributed by atoms with van der Waals surface area (Å²) in [6, 6.07) is 15.1. The van der Waals surface area contributed by atoms with Gasteiger partial charge in [0.1, 0.15) is 0 Å². The Labute approximate surface area is 123 Å². The fourth-order valence-corrected chi connectivity index (χ4v) is 2.09. The molecule has 1 N–H and O–H groups in total. The lowest BCUT2D eigenvalue weighted by molar-refractivity contribution is 0.0600. The first-order valence-corrected chi connectivity index (χ1v) is 6.69. The highest BCUT2D eigenvalue weighted by Crippen LogP contribution is 2.11. The maximum atomic E-state index is 11.3. The molecule has 0 atom stereocenters. The largest absolute Gasteiger partial charge is 0.465 e. The smallest absolute Gasteiger partial charge is 0.337 e. The van der Waals surface area contributed by atoms with Crippen LogP contribution in [0.3, 0.4) is 0 Å². The van der Waals surface area contributed by atoms with E-state index in [4.69, 9.17) is 11.6 Å². The zero-order chi connectivity index (χ0) is 14.4. The normalized spacial score (nSPS) is 10.3. The summed E-state index contributed by atoms with van der Waals surface area (Å²) in [5, 5.41) is 4.08. The predicted octanol–water partition coefficient (Wildman–Crippen LogP) is 3.42. The lowest BCUT2D eigenvalue weighted by Gasteiger charge is -2.06. The van der Waals surface area contributed by atoms with Crippen LogP contribution >= 0.6 is 11.6 Å². The van der Waals surface area contributed by atoms with Gasteiger partial charge < -0.3 is 10.1 Å². The van der Waals surface area contributed by atoms with Crippen molar-refractivity contribution in [3.05, 3.63) is 70.2 Å². The molecule has 20 heavy (non-hydrogen) atoms. The lowest BCUT2D eigenvalue weighted by Crippen LogP contribution is -2.12. The van der Waals surface area contributed by atoms with Crippen LogP contribution in [0.25, 0.3) is 0 Å². The number of ether oxygens (including phenoxy) is 1.